The molecule has 0 aromatic heterocycles. The Kier molecular flexibility index (Phi) is 6.40. The number of amides is 1. The zero-order valence-corrected chi connectivity index (χ0v) is 13.4. The number of ether oxygens (including phenoxy) is 1. The third-order valence-corrected chi connectivity index (χ3v) is 3.75. The largest absolute Gasteiger partial charge is 0.481 e. The van der Waals surface area contributed by atoms with E-state index in [0.717, 1.165) is 0 Å². The lowest BCUT2D eigenvalue weighted by Gasteiger charge is -2.17. The van der Waals surface area contributed by atoms with Crippen LogP contribution in [0.1, 0.15) is 13.3 Å². The average Bonchev–Trinajstić information content (AvgIpc) is 2.55. The van der Waals surface area contributed by atoms with Crippen molar-refractivity contribution in [2.24, 2.45) is 0 Å². The van der Waals surface area contributed by atoms with Gasteiger partial charge in [-0.3, -0.25) is 4.79 Å². The van der Waals surface area contributed by atoms with Crippen LogP contribution in [0.2, 0.25) is 0 Å². The summed E-state index contributed by atoms with van der Waals surface area (Å²) in [6.07, 6.45) is -0.104. The molecule has 122 valence electrons. The van der Waals surface area contributed by atoms with Crippen molar-refractivity contribution >= 4 is 23.4 Å². The summed E-state index contributed by atoms with van der Waals surface area (Å²) in [6, 6.07) is 15.4. The van der Waals surface area contributed by atoms with Crippen LogP contribution in [0.5, 0.6) is 5.75 Å². The number of alkyl halides is 2. The van der Waals surface area contributed by atoms with Crippen molar-refractivity contribution in [3.63, 3.8) is 0 Å². The van der Waals surface area contributed by atoms with Crippen molar-refractivity contribution in [2.75, 3.05) is 5.32 Å². The van der Waals surface area contributed by atoms with Gasteiger partial charge in [0.25, 0.3) is 11.7 Å². The Labute approximate surface area is 138 Å². The second kappa shape index (κ2) is 8.53. The van der Waals surface area contributed by atoms with Crippen molar-refractivity contribution in [1.82, 2.24) is 0 Å². The Morgan fingerprint density at radius 1 is 1.13 bits per heavy atom. The first-order valence-corrected chi connectivity index (χ1v) is 8.04. The fourth-order valence-corrected chi connectivity index (χ4v) is 2.43. The first kappa shape index (κ1) is 17.3. The lowest BCUT2D eigenvalue weighted by atomic mass is 10.2. The summed E-state index contributed by atoms with van der Waals surface area (Å²) in [7, 11) is 0. The van der Waals surface area contributed by atoms with Crippen molar-refractivity contribution < 1.29 is 18.3 Å². The fourth-order valence-electron chi connectivity index (χ4n) is 1.93. The molecule has 0 saturated heterocycles. The highest BCUT2D eigenvalue weighted by molar-refractivity contribution is 7.99. The van der Waals surface area contributed by atoms with Crippen LogP contribution in [0.25, 0.3) is 0 Å². The number of carbonyl (C=O) groups is 1. The van der Waals surface area contributed by atoms with E-state index in [1.54, 1.807) is 36.4 Å². The van der Waals surface area contributed by atoms with Crippen LogP contribution >= 0.6 is 11.8 Å². The Morgan fingerprint density at radius 2 is 1.78 bits per heavy atom. The molecule has 0 radical (unpaired) electrons. The molecule has 23 heavy (non-hydrogen) atoms. The molecular formula is C17H17F2NO2S. The monoisotopic (exact) mass is 337 g/mol. The van der Waals surface area contributed by atoms with Gasteiger partial charge in [-0.25, -0.2) is 0 Å². The molecule has 0 bridgehead atoms. The first-order valence-electron chi connectivity index (χ1n) is 7.16. The number of halogens is 2. The SMILES string of the molecule is CC[C@@H](Oc1ccccc1)C(=O)Nc1ccc(SC(F)F)cc1. The number of benzene rings is 2. The molecule has 0 spiro atoms. The number of para-hydroxylation sites is 1. The summed E-state index contributed by atoms with van der Waals surface area (Å²) >= 11 is 0.468. The minimum Gasteiger partial charge on any atom is -0.481 e. The number of nitrogens with one attached hydrogen (secondary N) is 1. The van der Waals surface area contributed by atoms with Crippen LogP contribution in [0.4, 0.5) is 14.5 Å². The first-order chi connectivity index (χ1) is 11.1. The number of anilines is 1. The minimum atomic E-state index is -2.46. The van der Waals surface area contributed by atoms with E-state index in [4.69, 9.17) is 4.74 Å². The maximum atomic E-state index is 12.3. The Balaban J connectivity index is 1.96. The number of carbonyl (C=O) groups excluding carboxylic acids is 1. The molecule has 0 saturated carbocycles. The van der Waals surface area contributed by atoms with E-state index in [9.17, 15) is 13.6 Å². The molecule has 0 heterocycles. The molecule has 1 N–H and O–H groups in total. The summed E-state index contributed by atoms with van der Waals surface area (Å²) in [6.45, 7) is 1.86. The van der Waals surface area contributed by atoms with E-state index in [-0.39, 0.29) is 5.91 Å². The zero-order chi connectivity index (χ0) is 16.7. The maximum Gasteiger partial charge on any atom is 0.288 e. The van der Waals surface area contributed by atoms with Crippen LogP contribution in [0.3, 0.4) is 0 Å². The Morgan fingerprint density at radius 3 is 2.35 bits per heavy atom. The van der Waals surface area contributed by atoms with Crippen LogP contribution in [0, 0.1) is 0 Å². The molecule has 3 nitrogen and oxygen atoms in total. The van der Waals surface area contributed by atoms with Gasteiger partial charge in [0.15, 0.2) is 6.10 Å². The van der Waals surface area contributed by atoms with Gasteiger partial charge in [0.1, 0.15) is 5.75 Å². The van der Waals surface area contributed by atoms with E-state index in [1.807, 2.05) is 25.1 Å². The number of hydrogen-bond acceptors (Lipinski definition) is 3. The molecular weight excluding hydrogens is 320 g/mol. The molecule has 0 unspecified atom stereocenters. The summed E-state index contributed by atoms with van der Waals surface area (Å²) < 4.78 is 30.2. The lowest BCUT2D eigenvalue weighted by Crippen LogP contribution is -2.32. The van der Waals surface area contributed by atoms with Gasteiger partial charge >= 0.3 is 0 Å². The van der Waals surface area contributed by atoms with E-state index < -0.39 is 11.9 Å². The predicted molar refractivity (Wildman–Crippen MR) is 88.1 cm³/mol. The fraction of sp³-hybridized carbons (Fsp3) is 0.235. The van der Waals surface area contributed by atoms with Gasteiger partial charge in [0.2, 0.25) is 0 Å². The lowest BCUT2D eigenvalue weighted by molar-refractivity contribution is -0.122. The second-order valence-corrected chi connectivity index (χ2v) is 5.78. The Hall–Kier alpha value is -2.08. The topological polar surface area (TPSA) is 38.3 Å². The van der Waals surface area contributed by atoms with Crippen molar-refractivity contribution in [1.29, 1.82) is 0 Å². The smallest absolute Gasteiger partial charge is 0.288 e. The molecule has 0 fully saturated rings. The van der Waals surface area contributed by atoms with Crippen LogP contribution in [-0.2, 0) is 4.79 Å². The van der Waals surface area contributed by atoms with Gasteiger partial charge in [0, 0.05) is 10.6 Å². The predicted octanol–water partition coefficient (Wildman–Crippen LogP) is 4.80. The van der Waals surface area contributed by atoms with E-state index in [0.29, 0.717) is 34.5 Å². The highest BCUT2D eigenvalue weighted by Crippen LogP contribution is 2.26. The summed E-state index contributed by atoms with van der Waals surface area (Å²) in [5.74, 6) is -2.11. The summed E-state index contributed by atoms with van der Waals surface area (Å²) in [4.78, 5) is 12.7. The van der Waals surface area contributed by atoms with Gasteiger partial charge in [-0.1, -0.05) is 36.9 Å². The summed E-state index contributed by atoms with van der Waals surface area (Å²) in [5.41, 5.74) is 0.545. The third kappa shape index (κ3) is 5.56. The van der Waals surface area contributed by atoms with E-state index >= 15 is 0 Å². The van der Waals surface area contributed by atoms with E-state index in [2.05, 4.69) is 5.32 Å². The molecule has 1 atom stereocenters. The quantitative estimate of drug-likeness (QED) is 0.738. The van der Waals surface area contributed by atoms with Gasteiger partial charge in [-0.05, 0) is 42.8 Å². The van der Waals surface area contributed by atoms with Gasteiger partial charge in [0.05, 0.1) is 0 Å². The molecule has 2 aromatic rings. The average molecular weight is 337 g/mol. The number of hydrogen-bond donors (Lipinski definition) is 1. The maximum absolute atomic E-state index is 12.3. The van der Waals surface area contributed by atoms with Crippen LogP contribution in [0.15, 0.2) is 59.5 Å². The minimum absolute atomic E-state index is 0.273. The standard InChI is InChI=1S/C17H17F2NO2S/c1-2-15(22-13-6-4-3-5-7-13)16(21)20-12-8-10-14(11-9-12)23-17(18)19/h3-11,15,17H,2H2,1H3,(H,20,21)/t15-/m1/s1. The molecule has 0 aliphatic carbocycles. The molecule has 2 aromatic carbocycles. The molecule has 1 amide bonds. The van der Waals surface area contributed by atoms with Gasteiger partial charge < -0.3 is 10.1 Å². The van der Waals surface area contributed by atoms with E-state index in [1.165, 1.54) is 0 Å². The molecule has 6 heteroatoms. The van der Waals surface area contributed by atoms with Gasteiger partial charge in [-0.15, -0.1) is 0 Å². The second-order valence-electron chi connectivity index (χ2n) is 4.72. The number of thioether (sulfide) groups is 1. The molecule has 0 aliphatic heterocycles. The van der Waals surface area contributed by atoms with Crippen LogP contribution < -0.4 is 10.1 Å². The zero-order valence-electron chi connectivity index (χ0n) is 12.5. The summed E-state index contributed by atoms with van der Waals surface area (Å²) in [5, 5.41) is 2.73. The van der Waals surface area contributed by atoms with Crippen molar-refractivity contribution in [3.05, 3.63) is 54.6 Å². The molecule has 0 aliphatic rings. The van der Waals surface area contributed by atoms with Gasteiger partial charge in [-0.2, -0.15) is 8.78 Å². The van der Waals surface area contributed by atoms with Crippen LogP contribution in [-0.4, -0.2) is 17.8 Å². The van der Waals surface area contributed by atoms with Crippen molar-refractivity contribution in [3.8, 4) is 5.75 Å². The molecule has 2 rings (SSSR count). The van der Waals surface area contributed by atoms with Crippen molar-refractivity contribution in [2.45, 2.75) is 30.1 Å². The number of rotatable bonds is 7. The highest BCUT2D eigenvalue weighted by atomic mass is 32.2. The Bertz CT molecular complexity index is 620. The third-order valence-electron chi connectivity index (χ3n) is 3.03. The normalized spacial score (nSPS) is 12.0. The highest BCUT2D eigenvalue weighted by Gasteiger charge is 2.18.